The van der Waals surface area contributed by atoms with E-state index in [-0.39, 0.29) is 11.7 Å². The highest BCUT2D eigenvalue weighted by atomic mass is 16.5. The molecule has 100 valence electrons. The maximum atomic E-state index is 11.3. The van der Waals surface area contributed by atoms with Gasteiger partial charge in [-0.2, -0.15) is 0 Å². The predicted octanol–water partition coefficient (Wildman–Crippen LogP) is 1.06. The molecule has 5 nitrogen and oxygen atoms in total. The molecular weight excluding hydrogens is 246 g/mol. The van der Waals surface area contributed by atoms with E-state index in [0.29, 0.717) is 24.1 Å². The second-order valence-corrected chi connectivity index (χ2v) is 3.76. The number of phenols is 1. The Morgan fingerprint density at radius 2 is 2.16 bits per heavy atom. The summed E-state index contributed by atoms with van der Waals surface area (Å²) in [6.45, 7) is 1.87. The summed E-state index contributed by atoms with van der Waals surface area (Å²) in [5.74, 6) is 4.95. The van der Waals surface area contributed by atoms with Crippen molar-refractivity contribution in [2.24, 2.45) is 0 Å². The first kappa shape index (κ1) is 14.6. The Morgan fingerprint density at radius 1 is 1.42 bits per heavy atom. The number of hydrogen-bond acceptors (Lipinski definition) is 4. The van der Waals surface area contributed by atoms with Crippen LogP contribution in [0.25, 0.3) is 0 Å². The Hall–Kier alpha value is -2.48. The summed E-state index contributed by atoms with van der Waals surface area (Å²) in [5.41, 5.74) is 0.678. The van der Waals surface area contributed by atoms with Gasteiger partial charge in [0.25, 0.3) is 0 Å². The number of hydrogen-bond donors (Lipinski definition) is 2. The van der Waals surface area contributed by atoms with E-state index < -0.39 is 5.97 Å². The van der Waals surface area contributed by atoms with E-state index in [1.807, 2.05) is 0 Å². The van der Waals surface area contributed by atoms with Gasteiger partial charge in [0.15, 0.2) is 0 Å². The summed E-state index contributed by atoms with van der Waals surface area (Å²) >= 11 is 0. The van der Waals surface area contributed by atoms with Gasteiger partial charge in [-0.15, -0.1) is 0 Å². The molecule has 0 radical (unpaired) electrons. The van der Waals surface area contributed by atoms with Crippen molar-refractivity contribution < 1.29 is 19.4 Å². The number of phenolic OH excluding ortho intramolecular Hbond substituents is 1. The molecule has 1 aromatic carbocycles. The quantitative estimate of drug-likeness (QED) is 0.484. The standard InChI is InChI=1S/C14H15NO4/c1-10(16)15-8-4-3-5-11-9-12(14(18)19-2)6-7-13(11)17/h6-7,9,17H,4,8H2,1-2H3,(H,15,16). The lowest BCUT2D eigenvalue weighted by molar-refractivity contribution is -0.118. The Kier molecular flexibility index (Phi) is 5.42. The minimum absolute atomic E-state index is 0.000296. The average molecular weight is 261 g/mol. The van der Waals surface area contributed by atoms with Gasteiger partial charge in [-0.05, 0) is 18.2 Å². The van der Waals surface area contributed by atoms with Crippen LogP contribution in [0.2, 0.25) is 0 Å². The average Bonchev–Trinajstić information content (AvgIpc) is 2.39. The fourth-order valence-electron chi connectivity index (χ4n) is 1.34. The minimum Gasteiger partial charge on any atom is -0.507 e. The third-order valence-electron chi connectivity index (χ3n) is 2.26. The number of benzene rings is 1. The number of esters is 1. The molecule has 0 spiro atoms. The number of nitrogens with one attached hydrogen (secondary N) is 1. The monoisotopic (exact) mass is 261 g/mol. The van der Waals surface area contributed by atoms with E-state index in [9.17, 15) is 14.7 Å². The third kappa shape index (κ3) is 4.72. The lowest BCUT2D eigenvalue weighted by Crippen LogP contribution is -2.20. The summed E-state index contributed by atoms with van der Waals surface area (Å²) in [6, 6.07) is 4.32. The Labute approximate surface area is 111 Å². The van der Waals surface area contributed by atoms with Crippen molar-refractivity contribution in [2.75, 3.05) is 13.7 Å². The van der Waals surface area contributed by atoms with Gasteiger partial charge in [0.2, 0.25) is 5.91 Å². The summed E-state index contributed by atoms with van der Waals surface area (Å²) in [5, 5.41) is 12.2. The SMILES string of the molecule is COC(=O)c1ccc(O)c(C#CCCNC(C)=O)c1. The first-order valence-electron chi connectivity index (χ1n) is 5.69. The van der Waals surface area contributed by atoms with Crippen LogP contribution in [-0.2, 0) is 9.53 Å². The molecule has 0 aliphatic carbocycles. The number of aromatic hydroxyl groups is 1. The zero-order chi connectivity index (χ0) is 14.3. The van der Waals surface area contributed by atoms with E-state index >= 15 is 0 Å². The van der Waals surface area contributed by atoms with Crippen molar-refractivity contribution in [1.29, 1.82) is 0 Å². The largest absolute Gasteiger partial charge is 0.507 e. The highest BCUT2D eigenvalue weighted by Gasteiger charge is 2.07. The second kappa shape index (κ2) is 7.07. The molecule has 0 aliphatic heterocycles. The molecule has 0 saturated carbocycles. The van der Waals surface area contributed by atoms with E-state index in [0.717, 1.165) is 0 Å². The maximum absolute atomic E-state index is 11.3. The molecule has 0 saturated heterocycles. The zero-order valence-electron chi connectivity index (χ0n) is 10.8. The van der Waals surface area contributed by atoms with Crippen LogP contribution >= 0.6 is 0 Å². The summed E-state index contributed by atoms with van der Waals surface area (Å²) in [7, 11) is 1.29. The molecule has 0 aliphatic rings. The van der Waals surface area contributed by atoms with Gasteiger partial charge in [-0.25, -0.2) is 4.79 Å². The van der Waals surface area contributed by atoms with Gasteiger partial charge in [0.05, 0.1) is 18.2 Å². The van der Waals surface area contributed by atoms with Crippen molar-refractivity contribution in [1.82, 2.24) is 5.32 Å². The minimum atomic E-state index is -0.485. The molecule has 19 heavy (non-hydrogen) atoms. The molecule has 1 amide bonds. The topological polar surface area (TPSA) is 75.6 Å². The number of rotatable bonds is 3. The van der Waals surface area contributed by atoms with Crippen LogP contribution in [0.4, 0.5) is 0 Å². The van der Waals surface area contributed by atoms with Gasteiger partial charge in [-0.3, -0.25) is 4.79 Å². The molecule has 0 aromatic heterocycles. The molecule has 1 rings (SSSR count). The zero-order valence-corrected chi connectivity index (χ0v) is 10.8. The Bertz CT molecular complexity index is 540. The van der Waals surface area contributed by atoms with Crippen molar-refractivity contribution >= 4 is 11.9 Å². The van der Waals surface area contributed by atoms with Crippen LogP contribution in [0.5, 0.6) is 5.75 Å². The first-order valence-corrected chi connectivity index (χ1v) is 5.69. The van der Waals surface area contributed by atoms with Crippen molar-refractivity contribution in [3.63, 3.8) is 0 Å². The van der Waals surface area contributed by atoms with Crippen LogP contribution in [-0.4, -0.2) is 30.6 Å². The maximum Gasteiger partial charge on any atom is 0.337 e. The molecule has 5 heteroatoms. The van der Waals surface area contributed by atoms with Gasteiger partial charge in [-0.1, -0.05) is 11.8 Å². The summed E-state index contributed by atoms with van der Waals surface area (Å²) in [6.07, 6.45) is 0.460. The van der Waals surface area contributed by atoms with Crippen LogP contribution in [0.3, 0.4) is 0 Å². The lowest BCUT2D eigenvalue weighted by atomic mass is 10.1. The van der Waals surface area contributed by atoms with Gasteiger partial charge in [0, 0.05) is 19.9 Å². The normalized spacial score (nSPS) is 9.16. The fourth-order valence-corrected chi connectivity index (χ4v) is 1.34. The number of amides is 1. The number of ether oxygens (including phenoxy) is 1. The van der Waals surface area contributed by atoms with E-state index in [1.165, 1.54) is 32.2 Å². The lowest BCUT2D eigenvalue weighted by Gasteiger charge is -2.01. The van der Waals surface area contributed by atoms with Gasteiger partial charge in [0.1, 0.15) is 5.75 Å². The van der Waals surface area contributed by atoms with Crippen molar-refractivity contribution in [2.45, 2.75) is 13.3 Å². The number of methoxy groups -OCH3 is 1. The van der Waals surface area contributed by atoms with E-state index in [4.69, 9.17) is 0 Å². The fraction of sp³-hybridized carbons (Fsp3) is 0.286. The van der Waals surface area contributed by atoms with Crippen LogP contribution < -0.4 is 5.32 Å². The number of carbonyl (C=O) groups is 2. The first-order chi connectivity index (χ1) is 9.04. The summed E-state index contributed by atoms with van der Waals surface area (Å²) < 4.78 is 4.58. The molecular formula is C14H15NO4. The smallest absolute Gasteiger partial charge is 0.337 e. The van der Waals surface area contributed by atoms with Crippen LogP contribution in [0, 0.1) is 11.8 Å². The Balaban J connectivity index is 2.74. The van der Waals surface area contributed by atoms with E-state index in [2.05, 4.69) is 21.9 Å². The third-order valence-corrected chi connectivity index (χ3v) is 2.26. The van der Waals surface area contributed by atoms with Crippen LogP contribution in [0.1, 0.15) is 29.3 Å². The summed E-state index contributed by atoms with van der Waals surface area (Å²) in [4.78, 5) is 22.0. The van der Waals surface area contributed by atoms with Crippen molar-refractivity contribution in [3.05, 3.63) is 29.3 Å². The second-order valence-electron chi connectivity index (χ2n) is 3.76. The van der Waals surface area contributed by atoms with Crippen molar-refractivity contribution in [3.8, 4) is 17.6 Å². The van der Waals surface area contributed by atoms with Gasteiger partial charge < -0.3 is 15.2 Å². The van der Waals surface area contributed by atoms with Gasteiger partial charge >= 0.3 is 5.97 Å². The molecule has 0 heterocycles. The predicted molar refractivity (Wildman–Crippen MR) is 69.6 cm³/mol. The Morgan fingerprint density at radius 3 is 2.79 bits per heavy atom. The molecule has 1 aromatic rings. The molecule has 0 unspecified atom stereocenters. The van der Waals surface area contributed by atoms with Crippen LogP contribution in [0.15, 0.2) is 18.2 Å². The molecule has 0 bridgehead atoms. The highest BCUT2D eigenvalue weighted by Crippen LogP contribution is 2.17. The molecule has 2 N–H and O–H groups in total. The molecule has 0 atom stereocenters. The highest BCUT2D eigenvalue weighted by molar-refractivity contribution is 5.90. The number of carbonyl (C=O) groups excluding carboxylic acids is 2. The molecule has 0 fully saturated rings. The van der Waals surface area contributed by atoms with E-state index in [1.54, 1.807) is 0 Å².